The molecule has 128 valence electrons. The summed E-state index contributed by atoms with van der Waals surface area (Å²) in [6.07, 6.45) is 0. The summed E-state index contributed by atoms with van der Waals surface area (Å²) in [5.41, 5.74) is 1.54. The van der Waals surface area contributed by atoms with Crippen molar-refractivity contribution in [2.75, 3.05) is 38.5 Å². The van der Waals surface area contributed by atoms with Gasteiger partial charge in [0.05, 0.1) is 11.3 Å². The average molecular weight is 336 g/mol. The van der Waals surface area contributed by atoms with Crippen LogP contribution < -0.4 is 5.32 Å². The van der Waals surface area contributed by atoms with Crippen molar-refractivity contribution in [3.63, 3.8) is 0 Å². The van der Waals surface area contributed by atoms with Gasteiger partial charge in [-0.2, -0.15) is 5.26 Å². The van der Waals surface area contributed by atoms with Crippen LogP contribution in [-0.2, 0) is 0 Å². The minimum atomic E-state index is -0.0878. The molecule has 1 saturated heterocycles. The fraction of sp³-hybridized carbons (Fsp3) is 0.333. The highest BCUT2D eigenvalue weighted by Gasteiger charge is 2.22. The Balaban J connectivity index is 1.83. The third-order valence-electron chi connectivity index (χ3n) is 4.16. The normalized spacial score (nSPS) is 14.8. The molecule has 1 fully saturated rings. The Morgan fingerprint density at radius 3 is 2.64 bits per heavy atom. The lowest BCUT2D eigenvalue weighted by Crippen LogP contribution is -2.47. The van der Waals surface area contributed by atoms with Gasteiger partial charge < -0.3 is 15.1 Å². The summed E-state index contributed by atoms with van der Waals surface area (Å²) in [5, 5.41) is 12.3. The van der Waals surface area contributed by atoms with Crippen LogP contribution in [0.2, 0.25) is 0 Å². The number of aromatic nitrogens is 2. The lowest BCUT2D eigenvalue weighted by Gasteiger charge is -2.32. The zero-order valence-electron chi connectivity index (χ0n) is 14.4. The number of nitrogens with one attached hydrogen (secondary N) is 1. The zero-order valence-corrected chi connectivity index (χ0v) is 14.4. The Morgan fingerprint density at radius 2 is 1.92 bits per heavy atom. The van der Waals surface area contributed by atoms with Gasteiger partial charge >= 0.3 is 0 Å². The molecule has 1 aliphatic rings. The monoisotopic (exact) mass is 336 g/mol. The molecule has 2 heterocycles. The van der Waals surface area contributed by atoms with E-state index < -0.39 is 0 Å². The quantitative estimate of drug-likeness (QED) is 0.920. The maximum absolute atomic E-state index is 12.7. The molecule has 0 atom stereocenters. The maximum Gasteiger partial charge on any atom is 0.272 e. The first-order chi connectivity index (χ1) is 12.1. The number of para-hydroxylation sites is 1. The molecule has 7 nitrogen and oxygen atoms in total. The molecular weight excluding hydrogens is 316 g/mol. The van der Waals surface area contributed by atoms with Crippen molar-refractivity contribution >= 4 is 17.4 Å². The third kappa shape index (κ3) is 3.92. The molecule has 0 radical (unpaired) electrons. The van der Waals surface area contributed by atoms with Crippen LogP contribution in [-0.4, -0.2) is 58.9 Å². The highest BCUT2D eigenvalue weighted by atomic mass is 16.2. The van der Waals surface area contributed by atoms with E-state index in [1.807, 2.05) is 18.0 Å². The van der Waals surface area contributed by atoms with Crippen molar-refractivity contribution in [3.05, 3.63) is 47.4 Å². The Bertz CT molecular complexity index is 821. The van der Waals surface area contributed by atoms with Gasteiger partial charge in [-0.15, -0.1) is 0 Å². The average Bonchev–Trinajstić information content (AvgIpc) is 2.62. The number of likely N-dealkylation sites (N-methyl/N-ethyl adjacent to an activating group) is 1. The molecule has 1 aromatic carbocycles. The summed E-state index contributed by atoms with van der Waals surface area (Å²) >= 11 is 0. The van der Waals surface area contributed by atoms with Crippen LogP contribution in [0.3, 0.4) is 0 Å². The fourth-order valence-electron chi connectivity index (χ4n) is 2.74. The first-order valence-corrected chi connectivity index (χ1v) is 8.16. The van der Waals surface area contributed by atoms with E-state index in [0.717, 1.165) is 13.1 Å². The predicted molar refractivity (Wildman–Crippen MR) is 94.6 cm³/mol. The van der Waals surface area contributed by atoms with Crippen molar-refractivity contribution in [2.24, 2.45) is 0 Å². The van der Waals surface area contributed by atoms with E-state index in [2.05, 4.69) is 26.3 Å². The van der Waals surface area contributed by atoms with Gasteiger partial charge in [0.15, 0.2) is 0 Å². The number of benzene rings is 1. The largest absolute Gasteiger partial charge is 0.339 e. The molecule has 3 rings (SSSR count). The second-order valence-corrected chi connectivity index (χ2v) is 6.06. The number of aryl methyl sites for hydroxylation is 1. The van der Waals surface area contributed by atoms with E-state index in [0.29, 0.717) is 41.7 Å². The van der Waals surface area contributed by atoms with Crippen LogP contribution in [0.15, 0.2) is 30.3 Å². The van der Waals surface area contributed by atoms with Crippen molar-refractivity contribution < 1.29 is 4.79 Å². The molecule has 0 aliphatic carbocycles. The number of nitriles is 1. The fourth-order valence-corrected chi connectivity index (χ4v) is 2.74. The van der Waals surface area contributed by atoms with Crippen LogP contribution in [0, 0.1) is 18.3 Å². The third-order valence-corrected chi connectivity index (χ3v) is 4.16. The molecule has 25 heavy (non-hydrogen) atoms. The van der Waals surface area contributed by atoms with Gasteiger partial charge in [-0.25, -0.2) is 9.97 Å². The van der Waals surface area contributed by atoms with Gasteiger partial charge in [-0.05, 0) is 26.1 Å². The summed E-state index contributed by atoms with van der Waals surface area (Å²) in [7, 11) is 2.05. The first kappa shape index (κ1) is 16.9. The number of piperazine rings is 1. The van der Waals surface area contributed by atoms with Gasteiger partial charge in [0.1, 0.15) is 23.4 Å². The molecule has 7 heteroatoms. The van der Waals surface area contributed by atoms with Crippen molar-refractivity contribution in [2.45, 2.75) is 6.92 Å². The number of carbonyl (C=O) groups excluding carboxylic acids is 1. The minimum absolute atomic E-state index is 0.0878. The minimum Gasteiger partial charge on any atom is -0.339 e. The van der Waals surface area contributed by atoms with Crippen LogP contribution >= 0.6 is 0 Å². The van der Waals surface area contributed by atoms with Crippen LogP contribution in [0.4, 0.5) is 11.5 Å². The molecule has 0 spiro atoms. The Morgan fingerprint density at radius 1 is 1.20 bits per heavy atom. The second-order valence-electron chi connectivity index (χ2n) is 6.06. The van der Waals surface area contributed by atoms with E-state index in [9.17, 15) is 10.1 Å². The van der Waals surface area contributed by atoms with E-state index >= 15 is 0 Å². The molecule has 1 aromatic heterocycles. The van der Waals surface area contributed by atoms with E-state index in [1.165, 1.54) is 0 Å². The summed E-state index contributed by atoms with van der Waals surface area (Å²) in [5.74, 6) is 0.930. The maximum atomic E-state index is 12.7. The van der Waals surface area contributed by atoms with Crippen LogP contribution in [0.25, 0.3) is 0 Å². The highest BCUT2D eigenvalue weighted by Crippen LogP contribution is 2.20. The van der Waals surface area contributed by atoms with Gasteiger partial charge in [0.25, 0.3) is 5.91 Å². The number of carbonyl (C=O) groups is 1. The second kappa shape index (κ2) is 7.28. The molecule has 1 aliphatic heterocycles. The lowest BCUT2D eigenvalue weighted by atomic mass is 10.2. The first-order valence-electron chi connectivity index (χ1n) is 8.16. The number of anilines is 2. The molecule has 1 N–H and O–H groups in total. The summed E-state index contributed by atoms with van der Waals surface area (Å²) in [4.78, 5) is 25.4. The van der Waals surface area contributed by atoms with Gasteiger partial charge in [0.2, 0.25) is 0 Å². The number of rotatable bonds is 3. The predicted octanol–water partition coefficient (Wildman–Crippen LogP) is 1.79. The van der Waals surface area contributed by atoms with E-state index in [4.69, 9.17) is 0 Å². The molecule has 1 amide bonds. The molecule has 0 saturated carbocycles. The number of amides is 1. The Labute approximate surface area is 146 Å². The smallest absolute Gasteiger partial charge is 0.272 e. The van der Waals surface area contributed by atoms with Crippen LogP contribution in [0.1, 0.15) is 21.9 Å². The van der Waals surface area contributed by atoms with Crippen molar-refractivity contribution in [1.82, 2.24) is 19.8 Å². The lowest BCUT2D eigenvalue weighted by molar-refractivity contribution is 0.0658. The standard InChI is InChI=1S/C18H20N6O/c1-13-20-16(18(25)24-9-7-23(2)8-10-24)11-17(21-13)22-15-6-4-3-5-14(15)12-19/h3-6,11H,7-10H2,1-2H3,(H,20,21,22). The Kier molecular flexibility index (Phi) is 4.91. The molecule has 2 aromatic rings. The molecule has 0 bridgehead atoms. The zero-order chi connectivity index (χ0) is 17.8. The van der Waals surface area contributed by atoms with Gasteiger partial charge in [-0.3, -0.25) is 4.79 Å². The van der Waals surface area contributed by atoms with Crippen molar-refractivity contribution in [3.8, 4) is 6.07 Å². The molecule has 0 unspecified atom stereocenters. The van der Waals surface area contributed by atoms with Gasteiger partial charge in [-0.1, -0.05) is 12.1 Å². The number of hydrogen-bond acceptors (Lipinski definition) is 6. The van der Waals surface area contributed by atoms with E-state index in [-0.39, 0.29) is 5.91 Å². The summed E-state index contributed by atoms with van der Waals surface area (Å²) < 4.78 is 0. The summed E-state index contributed by atoms with van der Waals surface area (Å²) in [6, 6.07) is 11.0. The molecular formula is C18H20N6O. The highest BCUT2D eigenvalue weighted by molar-refractivity contribution is 5.93. The Hall–Kier alpha value is -2.98. The van der Waals surface area contributed by atoms with Crippen LogP contribution in [0.5, 0.6) is 0 Å². The topological polar surface area (TPSA) is 85.1 Å². The number of nitrogens with zero attached hydrogens (tertiary/aromatic N) is 5. The van der Waals surface area contributed by atoms with Crippen molar-refractivity contribution in [1.29, 1.82) is 5.26 Å². The van der Waals surface area contributed by atoms with E-state index in [1.54, 1.807) is 31.2 Å². The SMILES string of the molecule is Cc1nc(Nc2ccccc2C#N)cc(C(=O)N2CCN(C)CC2)n1. The number of hydrogen-bond donors (Lipinski definition) is 1. The van der Waals surface area contributed by atoms with Gasteiger partial charge in [0, 0.05) is 32.2 Å². The summed E-state index contributed by atoms with van der Waals surface area (Å²) in [6.45, 7) is 4.85.